The van der Waals surface area contributed by atoms with Gasteiger partial charge in [0.1, 0.15) is 0 Å². The number of hydrogen-bond donors (Lipinski definition) is 3. The minimum absolute atomic E-state index is 0. The lowest BCUT2D eigenvalue weighted by molar-refractivity contribution is -0.126. The van der Waals surface area contributed by atoms with Gasteiger partial charge in [-0.15, -0.1) is 12.4 Å². The number of imide groups is 1. The van der Waals surface area contributed by atoms with Gasteiger partial charge in [-0.05, 0) is 19.3 Å². The van der Waals surface area contributed by atoms with Gasteiger partial charge < -0.3 is 16.4 Å². The number of carbonyl (C=O) groups is 3. The Hall–Kier alpha value is -1.34. The van der Waals surface area contributed by atoms with E-state index in [-0.39, 0.29) is 55.7 Å². The molecule has 0 aromatic carbocycles. The van der Waals surface area contributed by atoms with Crippen LogP contribution in [0.4, 0.5) is 4.79 Å². The second kappa shape index (κ2) is 8.19. The van der Waals surface area contributed by atoms with Crippen LogP contribution >= 0.6 is 12.4 Å². The molecule has 4 N–H and O–H groups in total. The molecule has 1 rings (SSSR count). The Morgan fingerprint density at radius 1 is 1.48 bits per heavy atom. The largest absolute Gasteiger partial charge is 0.349 e. The Labute approximate surface area is 131 Å². The molecule has 0 aromatic heterocycles. The Bertz CT molecular complexity index is 387. The third-order valence-corrected chi connectivity index (χ3v) is 3.85. The number of nitrogens with one attached hydrogen (secondary N) is 2. The van der Waals surface area contributed by atoms with Gasteiger partial charge >= 0.3 is 6.03 Å². The first-order valence-corrected chi connectivity index (χ1v) is 6.89. The minimum Gasteiger partial charge on any atom is -0.349 e. The van der Waals surface area contributed by atoms with Gasteiger partial charge in [-0.25, -0.2) is 4.79 Å². The van der Waals surface area contributed by atoms with Gasteiger partial charge in [-0.3, -0.25) is 14.5 Å². The van der Waals surface area contributed by atoms with Crippen molar-refractivity contribution < 1.29 is 14.4 Å². The van der Waals surface area contributed by atoms with Gasteiger partial charge in [0.25, 0.3) is 0 Å². The number of hydrogen-bond acceptors (Lipinski definition) is 4. The highest BCUT2D eigenvalue weighted by Crippen LogP contribution is 2.15. The van der Waals surface area contributed by atoms with Crippen molar-refractivity contribution in [2.45, 2.75) is 39.2 Å². The van der Waals surface area contributed by atoms with Crippen LogP contribution in [-0.4, -0.2) is 47.9 Å². The van der Waals surface area contributed by atoms with Crippen molar-refractivity contribution >= 4 is 30.3 Å². The Kier molecular flexibility index (Phi) is 7.67. The molecule has 0 aliphatic carbocycles. The SMILES string of the molecule is CC(C)C(C)(CN)NC(=O)CCCN1C(=O)CNC1=O.Cl. The maximum Gasteiger partial charge on any atom is 0.324 e. The first-order valence-electron chi connectivity index (χ1n) is 6.89. The van der Waals surface area contributed by atoms with Gasteiger partial charge in [0.05, 0.1) is 12.1 Å². The van der Waals surface area contributed by atoms with E-state index in [0.717, 1.165) is 4.90 Å². The lowest BCUT2D eigenvalue weighted by atomic mass is 9.88. The van der Waals surface area contributed by atoms with Crippen LogP contribution in [0.1, 0.15) is 33.6 Å². The molecule has 1 heterocycles. The molecule has 0 saturated carbocycles. The van der Waals surface area contributed by atoms with Gasteiger partial charge in [0.15, 0.2) is 0 Å². The summed E-state index contributed by atoms with van der Waals surface area (Å²) in [6.07, 6.45) is 0.711. The van der Waals surface area contributed by atoms with E-state index in [2.05, 4.69) is 10.6 Å². The smallest absolute Gasteiger partial charge is 0.324 e. The predicted octanol–water partition coefficient (Wildman–Crippen LogP) is 0.230. The molecule has 0 spiro atoms. The molecule has 1 fully saturated rings. The van der Waals surface area contributed by atoms with Crippen LogP contribution < -0.4 is 16.4 Å². The summed E-state index contributed by atoms with van der Waals surface area (Å²) >= 11 is 0. The molecule has 7 nitrogen and oxygen atoms in total. The molecule has 4 amide bonds. The van der Waals surface area contributed by atoms with Crippen LogP contribution in [0.15, 0.2) is 0 Å². The number of rotatable bonds is 7. The summed E-state index contributed by atoms with van der Waals surface area (Å²) in [5.74, 6) is -0.134. The van der Waals surface area contributed by atoms with Crippen LogP contribution in [0, 0.1) is 5.92 Å². The van der Waals surface area contributed by atoms with Crippen LogP contribution in [-0.2, 0) is 9.59 Å². The van der Waals surface area contributed by atoms with Crippen molar-refractivity contribution in [3.05, 3.63) is 0 Å². The molecule has 1 unspecified atom stereocenters. The van der Waals surface area contributed by atoms with E-state index in [1.807, 2.05) is 20.8 Å². The van der Waals surface area contributed by atoms with Crippen molar-refractivity contribution in [2.24, 2.45) is 11.7 Å². The molecule has 122 valence electrons. The third-order valence-electron chi connectivity index (χ3n) is 3.85. The van der Waals surface area contributed by atoms with Crippen LogP contribution in [0.3, 0.4) is 0 Å². The first-order chi connectivity index (χ1) is 9.30. The Balaban J connectivity index is 0.00000400. The summed E-state index contributed by atoms with van der Waals surface area (Å²) in [6.45, 7) is 6.58. The summed E-state index contributed by atoms with van der Waals surface area (Å²) in [6, 6.07) is -0.385. The zero-order valence-electron chi connectivity index (χ0n) is 12.8. The van der Waals surface area contributed by atoms with E-state index in [1.54, 1.807) is 0 Å². The average Bonchev–Trinajstić information content (AvgIpc) is 2.69. The van der Waals surface area contributed by atoms with E-state index in [9.17, 15) is 14.4 Å². The lowest BCUT2D eigenvalue weighted by Gasteiger charge is -2.33. The third kappa shape index (κ3) is 5.17. The van der Waals surface area contributed by atoms with Gasteiger partial charge in [0, 0.05) is 19.5 Å². The normalized spacial score (nSPS) is 17.3. The van der Waals surface area contributed by atoms with Crippen LogP contribution in [0.5, 0.6) is 0 Å². The summed E-state index contributed by atoms with van der Waals surface area (Å²) in [5.41, 5.74) is 5.27. The summed E-state index contributed by atoms with van der Waals surface area (Å²) in [7, 11) is 0. The second-order valence-electron chi connectivity index (χ2n) is 5.63. The Morgan fingerprint density at radius 3 is 2.52 bits per heavy atom. The molecule has 21 heavy (non-hydrogen) atoms. The fourth-order valence-corrected chi connectivity index (χ4v) is 1.89. The van der Waals surface area contributed by atoms with Gasteiger partial charge in [-0.2, -0.15) is 0 Å². The van der Waals surface area contributed by atoms with E-state index >= 15 is 0 Å². The molecule has 0 bridgehead atoms. The molecule has 1 aliphatic heterocycles. The number of carbonyl (C=O) groups excluding carboxylic acids is 3. The molecule has 1 atom stereocenters. The summed E-state index contributed by atoms with van der Waals surface area (Å²) < 4.78 is 0. The van der Waals surface area contributed by atoms with Crippen LogP contribution in [0.25, 0.3) is 0 Å². The number of nitrogens with zero attached hydrogens (tertiary/aromatic N) is 1. The molecule has 1 saturated heterocycles. The van der Waals surface area contributed by atoms with Crippen molar-refractivity contribution in [2.75, 3.05) is 19.6 Å². The highest BCUT2D eigenvalue weighted by atomic mass is 35.5. The molecule has 0 aromatic rings. The maximum atomic E-state index is 11.9. The number of halogens is 1. The molecule has 8 heteroatoms. The second-order valence-corrected chi connectivity index (χ2v) is 5.63. The quantitative estimate of drug-likeness (QED) is 0.584. The van der Waals surface area contributed by atoms with Gasteiger partial charge in [-0.1, -0.05) is 13.8 Å². The van der Waals surface area contributed by atoms with Crippen molar-refractivity contribution in [3.63, 3.8) is 0 Å². The average molecular weight is 321 g/mol. The minimum atomic E-state index is -0.433. The van der Waals surface area contributed by atoms with Gasteiger partial charge in [0.2, 0.25) is 11.8 Å². The predicted molar refractivity (Wildman–Crippen MR) is 82.0 cm³/mol. The molecule has 1 aliphatic rings. The standard InChI is InChI=1S/C13H24N4O3.ClH/c1-9(2)13(3,8-14)16-10(18)5-4-6-17-11(19)7-15-12(17)20;/h9H,4-8,14H2,1-3H3,(H,15,20)(H,16,18);1H. The monoisotopic (exact) mass is 320 g/mol. The first kappa shape index (κ1) is 19.7. The highest BCUT2D eigenvalue weighted by Gasteiger charge is 2.30. The van der Waals surface area contributed by atoms with E-state index < -0.39 is 5.54 Å². The van der Waals surface area contributed by atoms with E-state index in [1.165, 1.54) is 0 Å². The molecular formula is C13H25ClN4O3. The number of nitrogens with two attached hydrogens (primary N) is 1. The fraction of sp³-hybridized carbons (Fsp3) is 0.769. The van der Waals surface area contributed by atoms with E-state index in [0.29, 0.717) is 13.0 Å². The van der Waals surface area contributed by atoms with Crippen molar-refractivity contribution in [1.82, 2.24) is 15.5 Å². The topological polar surface area (TPSA) is 105 Å². The molecular weight excluding hydrogens is 296 g/mol. The summed E-state index contributed by atoms with van der Waals surface area (Å²) in [4.78, 5) is 35.7. The lowest BCUT2D eigenvalue weighted by Crippen LogP contribution is -2.55. The summed E-state index contributed by atoms with van der Waals surface area (Å²) in [5, 5.41) is 5.36. The van der Waals surface area contributed by atoms with E-state index in [4.69, 9.17) is 5.73 Å². The van der Waals surface area contributed by atoms with Crippen molar-refractivity contribution in [1.29, 1.82) is 0 Å². The zero-order chi connectivity index (χ0) is 15.3. The Morgan fingerprint density at radius 2 is 2.10 bits per heavy atom. The van der Waals surface area contributed by atoms with Crippen molar-refractivity contribution in [3.8, 4) is 0 Å². The number of urea groups is 1. The highest BCUT2D eigenvalue weighted by molar-refractivity contribution is 6.01. The fourth-order valence-electron chi connectivity index (χ4n) is 1.89. The number of amides is 4. The zero-order valence-corrected chi connectivity index (χ0v) is 13.6. The maximum absolute atomic E-state index is 11.9. The van der Waals surface area contributed by atoms with Crippen LogP contribution in [0.2, 0.25) is 0 Å². The molecule has 0 radical (unpaired) electrons.